The number of piperazine rings is 1. The van der Waals surface area contributed by atoms with Crippen LogP contribution in [0.3, 0.4) is 0 Å². The molecule has 4 heterocycles. The van der Waals surface area contributed by atoms with E-state index in [0.717, 1.165) is 11.3 Å². The third-order valence-corrected chi connectivity index (χ3v) is 6.53. The fourth-order valence-electron chi connectivity index (χ4n) is 4.74. The number of aryl methyl sites for hydroxylation is 1. The number of rotatable bonds is 4. The normalized spacial score (nSPS) is 17.0. The van der Waals surface area contributed by atoms with E-state index in [1.54, 1.807) is 40.6 Å². The fraction of sp³-hybridized carbons (Fsp3) is 0.320. The van der Waals surface area contributed by atoms with Crippen LogP contribution in [0.1, 0.15) is 30.4 Å². The average Bonchev–Trinajstić information content (AvgIpc) is 3.46. The van der Waals surface area contributed by atoms with Crippen LogP contribution in [0.4, 0.5) is 11.5 Å². The Balaban J connectivity index is 1.59. The highest BCUT2D eigenvalue weighted by Gasteiger charge is 2.43. The molecule has 1 saturated heterocycles. The average molecular weight is 475 g/mol. The molecule has 1 aliphatic rings. The molecule has 0 atom stereocenters. The number of nitrogens with two attached hydrogens (primary N) is 1. The molecule has 35 heavy (non-hydrogen) atoms. The highest BCUT2D eigenvalue weighted by Crippen LogP contribution is 2.36. The number of carbonyl (C=O) groups excluding carboxylic acids is 2. The number of nitrogens with zero attached hydrogens (tertiary/aromatic N) is 7. The summed E-state index contributed by atoms with van der Waals surface area (Å²) >= 11 is 0. The molecule has 180 valence electrons. The van der Waals surface area contributed by atoms with Crippen LogP contribution in [0.15, 0.2) is 49.1 Å². The van der Waals surface area contributed by atoms with E-state index < -0.39 is 12.0 Å². The third kappa shape index (κ3) is 3.61. The second-order valence-corrected chi connectivity index (χ2v) is 8.98. The highest BCUT2D eigenvalue weighted by molar-refractivity contribution is 6.03. The quantitative estimate of drug-likeness (QED) is 0.486. The van der Waals surface area contributed by atoms with Gasteiger partial charge >= 0.3 is 0 Å². The molecule has 10 heteroatoms. The first-order valence-corrected chi connectivity index (χ1v) is 11.3. The van der Waals surface area contributed by atoms with E-state index in [0.29, 0.717) is 35.4 Å². The summed E-state index contributed by atoms with van der Waals surface area (Å²) in [6, 6.07) is 9.48. The number of anilines is 2. The Bertz CT molecular complexity index is 1540. The SMILES string of the molecule is [2H]C([2H])(C)n1cc(-c2cc(-c3cccc(N4CCN(C(C)=O)C(C)(C)C4=O)c3)n3ncnc(N)c23)cn1. The minimum atomic E-state index is -1.67. The maximum atomic E-state index is 13.4. The number of fused-ring (bicyclic) bond motifs is 1. The van der Waals surface area contributed by atoms with Crippen molar-refractivity contribution in [1.29, 1.82) is 0 Å². The summed E-state index contributed by atoms with van der Waals surface area (Å²) in [5, 5.41) is 8.61. The lowest BCUT2D eigenvalue weighted by Gasteiger charge is -2.45. The first kappa shape index (κ1) is 20.2. The second kappa shape index (κ2) is 8.23. The molecule has 0 unspecified atom stereocenters. The van der Waals surface area contributed by atoms with Crippen molar-refractivity contribution >= 4 is 28.8 Å². The van der Waals surface area contributed by atoms with Crippen LogP contribution in [0.25, 0.3) is 27.9 Å². The summed E-state index contributed by atoms with van der Waals surface area (Å²) in [7, 11) is 0. The molecule has 1 fully saturated rings. The van der Waals surface area contributed by atoms with Crippen molar-refractivity contribution in [3.05, 3.63) is 49.1 Å². The van der Waals surface area contributed by atoms with E-state index in [9.17, 15) is 9.59 Å². The first-order valence-electron chi connectivity index (χ1n) is 12.3. The van der Waals surface area contributed by atoms with Gasteiger partial charge in [-0.2, -0.15) is 10.2 Å². The number of hydrogen-bond acceptors (Lipinski definition) is 6. The summed E-state index contributed by atoms with van der Waals surface area (Å²) in [5.74, 6) is -0.00718. The van der Waals surface area contributed by atoms with Gasteiger partial charge in [0.05, 0.1) is 14.6 Å². The largest absolute Gasteiger partial charge is 0.382 e. The lowest BCUT2D eigenvalue weighted by Crippen LogP contribution is -2.64. The van der Waals surface area contributed by atoms with Gasteiger partial charge in [-0.1, -0.05) is 12.1 Å². The lowest BCUT2D eigenvalue weighted by atomic mass is 9.96. The summed E-state index contributed by atoms with van der Waals surface area (Å²) in [5.41, 5.74) is 9.49. The van der Waals surface area contributed by atoms with Crippen LogP contribution >= 0.6 is 0 Å². The van der Waals surface area contributed by atoms with Gasteiger partial charge < -0.3 is 15.5 Å². The van der Waals surface area contributed by atoms with Crippen molar-refractivity contribution in [3.8, 4) is 22.4 Å². The van der Waals surface area contributed by atoms with Gasteiger partial charge in [0.2, 0.25) is 5.91 Å². The van der Waals surface area contributed by atoms with Crippen LogP contribution in [0.5, 0.6) is 0 Å². The smallest absolute Gasteiger partial charge is 0.252 e. The van der Waals surface area contributed by atoms with Gasteiger partial charge in [0.1, 0.15) is 17.4 Å². The zero-order valence-corrected chi connectivity index (χ0v) is 20.1. The molecule has 10 nitrogen and oxygen atoms in total. The number of aromatic nitrogens is 5. The predicted molar refractivity (Wildman–Crippen MR) is 134 cm³/mol. The molecule has 4 aromatic rings. The van der Waals surface area contributed by atoms with E-state index in [1.807, 2.05) is 30.3 Å². The first-order chi connectivity index (χ1) is 17.4. The van der Waals surface area contributed by atoms with Crippen LogP contribution in [0.2, 0.25) is 0 Å². The monoisotopic (exact) mass is 474 g/mol. The van der Waals surface area contributed by atoms with Gasteiger partial charge in [0.15, 0.2) is 5.82 Å². The summed E-state index contributed by atoms with van der Waals surface area (Å²) in [6.45, 7) is 5.59. The van der Waals surface area contributed by atoms with Crippen molar-refractivity contribution < 1.29 is 12.3 Å². The molecule has 1 aromatic carbocycles. The topological polar surface area (TPSA) is 115 Å². The molecule has 5 rings (SSSR count). The van der Waals surface area contributed by atoms with E-state index in [-0.39, 0.29) is 17.6 Å². The van der Waals surface area contributed by atoms with E-state index >= 15 is 0 Å². The molecular formula is C25H28N8O2. The van der Waals surface area contributed by atoms with E-state index in [1.165, 1.54) is 24.9 Å². The Morgan fingerprint density at radius 3 is 2.71 bits per heavy atom. The van der Waals surface area contributed by atoms with Crippen LogP contribution in [-0.2, 0) is 16.1 Å². The molecule has 0 aliphatic carbocycles. The molecule has 2 N–H and O–H groups in total. The molecule has 1 aliphatic heterocycles. The van der Waals surface area contributed by atoms with Crippen LogP contribution < -0.4 is 10.6 Å². The minimum Gasteiger partial charge on any atom is -0.382 e. The molecule has 2 amide bonds. The highest BCUT2D eigenvalue weighted by atomic mass is 16.2. The Morgan fingerprint density at radius 2 is 2.00 bits per heavy atom. The third-order valence-electron chi connectivity index (χ3n) is 6.53. The Hall–Kier alpha value is -4.21. The van der Waals surface area contributed by atoms with Gasteiger partial charge in [0.25, 0.3) is 5.91 Å². The van der Waals surface area contributed by atoms with Crippen molar-refractivity contribution in [3.63, 3.8) is 0 Å². The van der Waals surface area contributed by atoms with Gasteiger partial charge in [0, 0.05) is 55.1 Å². The van der Waals surface area contributed by atoms with Crippen LogP contribution in [0, 0.1) is 0 Å². The molecule has 0 radical (unpaired) electrons. The predicted octanol–water partition coefficient (Wildman–Crippen LogP) is 2.84. The van der Waals surface area contributed by atoms with E-state index in [2.05, 4.69) is 15.2 Å². The fourth-order valence-corrected chi connectivity index (χ4v) is 4.74. The minimum absolute atomic E-state index is 0.129. The summed E-state index contributed by atoms with van der Waals surface area (Å²) in [6.07, 6.45) is 4.58. The number of benzene rings is 1. The number of hydrogen-bond donors (Lipinski definition) is 1. The number of carbonyl (C=O) groups is 2. The van der Waals surface area contributed by atoms with Gasteiger partial charge in [-0.3, -0.25) is 14.3 Å². The zero-order chi connectivity index (χ0) is 26.7. The number of amides is 2. The van der Waals surface area contributed by atoms with Gasteiger partial charge in [-0.05, 0) is 39.0 Å². The number of nitrogen functional groups attached to an aromatic ring is 1. The van der Waals surface area contributed by atoms with Crippen molar-refractivity contribution in [2.24, 2.45) is 0 Å². The Labute approximate surface area is 205 Å². The van der Waals surface area contributed by atoms with Crippen LogP contribution in [-0.4, -0.2) is 59.7 Å². The second-order valence-electron chi connectivity index (χ2n) is 8.98. The summed E-state index contributed by atoms with van der Waals surface area (Å²) in [4.78, 5) is 32.9. The molecular weight excluding hydrogens is 444 g/mol. The van der Waals surface area contributed by atoms with E-state index in [4.69, 9.17) is 8.48 Å². The zero-order valence-electron chi connectivity index (χ0n) is 22.1. The van der Waals surface area contributed by atoms with Crippen molar-refractivity contribution in [1.82, 2.24) is 29.3 Å². The maximum Gasteiger partial charge on any atom is 0.252 e. The van der Waals surface area contributed by atoms with Crippen molar-refractivity contribution in [2.75, 3.05) is 23.7 Å². The molecule has 3 aromatic heterocycles. The van der Waals surface area contributed by atoms with Gasteiger partial charge in [-0.25, -0.2) is 9.50 Å². The standard InChI is InChI=1S/C25H28N8O2/c1-5-30-14-18(13-28-30)20-12-21(33-22(20)23(26)27-15-29-33)17-7-6-8-19(11-17)31-9-10-32(16(2)34)25(3,4)24(31)35/h6-8,11-15H,5,9-10H2,1-4H3,(H2,26,27,29)/i5D2. The van der Waals surface area contributed by atoms with Gasteiger partial charge in [-0.15, -0.1) is 0 Å². The Morgan fingerprint density at radius 1 is 1.20 bits per heavy atom. The Kier molecular flexibility index (Phi) is 4.74. The summed E-state index contributed by atoms with van der Waals surface area (Å²) < 4.78 is 18.8. The van der Waals surface area contributed by atoms with Crippen molar-refractivity contribution in [2.45, 2.75) is 39.7 Å². The molecule has 0 saturated carbocycles. The molecule has 0 spiro atoms. The lowest BCUT2D eigenvalue weighted by molar-refractivity contribution is -0.145. The maximum absolute atomic E-state index is 13.4. The molecule has 0 bridgehead atoms.